The first-order valence-electron chi connectivity index (χ1n) is 25.4. The maximum absolute atomic E-state index is 2.80. The first-order valence-corrected chi connectivity index (χ1v) is 25.4. The molecule has 0 saturated heterocycles. The van der Waals surface area contributed by atoms with Gasteiger partial charge in [-0.2, -0.15) is 0 Å². The largest absolute Gasteiger partial charge is 0.307 e. The molecule has 0 spiro atoms. The number of fused-ring (bicyclic) bond motifs is 18. The molecule has 0 radical (unpaired) electrons. The average molecular weight is 895 g/mol. The Balaban J connectivity index is 1.15. The molecule has 5 aliphatic rings. The number of anilines is 6. The van der Waals surface area contributed by atoms with Crippen LogP contribution in [0.25, 0.3) is 43.8 Å². The van der Waals surface area contributed by atoms with E-state index in [2.05, 4.69) is 211 Å². The van der Waals surface area contributed by atoms with E-state index in [0.717, 1.165) is 12.8 Å². The molecule has 0 N–H and O–H groups in total. The Labute approximate surface area is 412 Å². The third-order valence-corrected chi connectivity index (χ3v) is 17.2. The number of nitrogens with zero attached hydrogens (tertiary/aromatic N) is 2. The summed E-state index contributed by atoms with van der Waals surface area (Å²) in [5, 5.41) is 5.21. The van der Waals surface area contributed by atoms with Gasteiger partial charge in [-0.15, -0.1) is 0 Å². The molecule has 10 aromatic carbocycles. The van der Waals surface area contributed by atoms with E-state index in [1.807, 2.05) is 0 Å². The van der Waals surface area contributed by atoms with Crippen molar-refractivity contribution in [1.29, 1.82) is 0 Å². The predicted octanol–water partition coefficient (Wildman–Crippen LogP) is 12.5. The highest BCUT2D eigenvalue weighted by molar-refractivity contribution is 7.01. The van der Waals surface area contributed by atoms with Crippen LogP contribution in [0.3, 0.4) is 0 Å². The average Bonchev–Trinajstić information content (AvgIpc) is 3.90. The molecule has 0 atom stereocenters. The fourth-order valence-corrected chi connectivity index (χ4v) is 14.8. The second-order valence-corrected chi connectivity index (χ2v) is 21.7. The second-order valence-electron chi connectivity index (χ2n) is 21.7. The molecule has 3 aliphatic heterocycles. The summed E-state index contributed by atoms with van der Waals surface area (Å²) < 4.78 is 0. The molecule has 0 bridgehead atoms. The van der Waals surface area contributed by atoms with Crippen molar-refractivity contribution in [2.24, 2.45) is 0 Å². The molecule has 0 aromatic heterocycles. The van der Waals surface area contributed by atoms with Crippen molar-refractivity contribution >= 4 is 102 Å². The zero-order chi connectivity index (χ0) is 47.2. The Hall–Kier alpha value is -7.55. The van der Waals surface area contributed by atoms with Gasteiger partial charge in [0.1, 0.15) is 0 Å². The van der Waals surface area contributed by atoms with Crippen LogP contribution in [0.2, 0.25) is 0 Å². The summed E-state index contributed by atoms with van der Waals surface area (Å²) in [6.45, 7) is 18.4. The van der Waals surface area contributed by atoms with Gasteiger partial charge in [0.15, 0.2) is 0 Å². The maximum Gasteiger partial charge on any atom is 0.248 e. The van der Waals surface area contributed by atoms with Gasteiger partial charge in [-0.05, 0) is 155 Å². The van der Waals surface area contributed by atoms with E-state index < -0.39 is 0 Å². The highest BCUT2D eigenvalue weighted by Crippen LogP contribution is 2.60. The number of hydrogen-bond donors (Lipinski definition) is 0. The van der Waals surface area contributed by atoms with Crippen LogP contribution in [0.4, 0.5) is 34.1 Å². The van der Waals surface area contributed by atoms with E-state index in [9.17, 15) is 0 Å². The standard InChI is InChI=1S/C66H52B2N2/c1-35-17-19-47-45(29-35)31-53-51(47)21-23-55-63(53)69-57-33-43-13-9-12-16-50(43)62-66(57)70(58-34-44-14-10-11-15-49(44)61(65(58)69)67(55)59-39(5)25-37(3)26-40(59)6)64-54-32-46-30-36(2)18-20-48(46)52(54)22-24-56(64)68(62)60-41(7)27-38(4)28-42(60)8/h9-30,33-34H,31-32H2,1-8H3. The fourth-order valence-electron chi connectivity index (χ4n) is 14.8. The van der Waals surface area contributed by atoms with Crippen LogP contribution in [0.5, 0.6) is 0 Å². The van der Waals surface area contributed by atoms with Crippen LogP contribution in [0, 0.1) is 55.4 Å². The lowest BCUT2D eigenvalue weighted by Gasteiger charge is -2.50. The first-order chi connectivity index (χ1) is 34.0. The quantitative estimate of drug-likeness (QED) is 0.160. The van der Waals surface area contributed by atoms with Gasteiger partial charge in [-0.25, -0.2) is 0 Å². The lowest BCUT2D eigenvalue weighted by molar-refractivity contribution is 1.14. The van der Waals surface area contributed by atoms with E-state index in [1.165, 1.54) is 177 Å². The Morgan fingerprint density at radius 1 is 0.343 bits per heavy atom. The molecular weight excluding hydrogens is 842 g/mol. The van der Waals surface area contributed by atoms with Crippen LogP contribution in [-0.2, 0) is 12.8 Å². The molecule has 332 valence electrons. The molecule has 0 amide bonds. The molecule has 2 nitrogen and oxygen atoms in total. The van der Waals surface area contributed by atoms with Gasteiger partial charge in [0, 0.05) is 24.2 Å². The molecule has 0 unspecified atom stereocenters. The minimum absolute atomic E-state index is 0.00695. The number of benzene rings is 10. The third kappa shape index (κ3) is 5.21. The van der Waals surface area contributed by atoms with Gasteiger partial charge in [0.25, 0.3) is 0 Å². The molecule has 15 rings (SSSR count). The summed E-state index contributed by atoms with van der Waals surface area (Å²) in [4.78, 5) is 5.61. The van der Waals surface area contributed by atoms with E-state index in [4.69, 9.17) is 0 Å². The zero-order valence-corrected chi connectivity index (χ0v) is 41.3. The summed E-state index contributed by atoms with van der Waals surface area (Å²) in [7, 11) is 0. The molecular formula is C66H52B2N2. The Kier molecular flexibility index (Phi) is 8.09. The number of hydrogen-bond acceptors (Lipinski definition) is 2. The molecule has 3 heterocycles. The van der Waals surface area contributed by atoms with Gasteiger partial charge in [0.05, 0.1) is 22.7 Å². The minimum Gasteiger partial charge on any atom is -0.307 e. The van der Waals surface area contributed by atoms with Crippen molar-refractivity contribution in [3.8, 4) is 22.3 Å². The van der Waals surface area contributed by atoms with Crippen molar-refractivity contribution < 1.29 is 0 Å². The van der Waals surface area contributed by atoms with Gasteiger partial charge >= 0.3 is 0 Å². The predicted molar refractivity (Wildman–Crippen MR) is 301 cm³/mol. The number of rotatable bonds is 2. The van der Waals surface area contributed by atoms with Gasteiger partial charge in [-0.1, -0.05) is 189 Å². The normalized spacial score (nSPS) is 14.1. The SMILES string of the molecule is Cc1cc(C)c(B2c3ccc4c(c3N3c5cc6ccccc6c6c5N(c5cc7ccccc7c2c53)c2c(ccc3c2Cc2cc(C)ccc2-3)B6c2c(C)cc(C)cc2C)Cc2cc(C)ccc2-4)c(C)c1. The van der Waals surface area contributed by atoms with Gasteiger partial charge < -0.3 is 9.80 Å². The summed E-state index contributed by atoms with van der Waals surface area (Å²) in [5.74, 6) is 0. The Bertz CT molecular complexity index is 3770. The lowest BCUT2D eigenvalue weighted by atomic mass is 9.32. The van der Waals surface area contributed by atoms with E-state index in [0.29, 0.717) is 0 Å². The van der Waals surface area contributed by atoms with Crippen molar-refractivity contribution in [1.82, 2.24) is 0 Å². The summed E-state index contributed by atoms with van der Waals surface area (Å²) >= 11 is 0. The van der Waals surface area contributed by atoms with E-state index in [1.54, 1.807) is 0 Å². The van der Waals surface area contributed by atoms with Gasteiger partial charge in [0.2, 0.25) is 13.4 Å². The van der Waals surface area contributed by atoms with Crippen LogP contribution < -0.4 is 42.6 Å². The molecule has 2 aliphatic carbocycles. The molecule has 10 aromatic rings. The Morgan fingerprint density at radius 2 is 0.729 bits per heavy atom. The van der Waals surface area contributed by atoms with Crippen LogP contribution in [-0.4, -0.2) is 13.4 Å². The summed E-state index contributed by atoms with van der Waals surface area (Å²) in [6, 6.07) is 57.7. The first kappa shape index (κ1) is 40.3. The molecule has 0 saturated carbocycles. The van der Waals surface area contributed by atoms with Crippen LogP contribution in [0.15, 0.2) is 146 Å². The van der Waals surface area contributed by atoms with E-state index in [-0.39, 0.29) is 13.4 Å². The Morgan fingerprint density at radius 3 is 1.14 bits per heavy atom. The molecule has 70 heavy (non-hydrogen) atoms. The smallest absolute Gasteiger partial charge is 0.248 e. The maximum atomic E-state index is 2.80. The lowest BCUT2D eigenvalue weighted by Crippen LogP contribution is -2.62. The molecule has 0 fully saturated rings. The highest BCUT2D eigenvalue weighted by atomic mass is 15.3. The topological polar surface area (TPSA) is 6.48 Å². The summed E-state index contributed by atoms with van der Waals surface area (Å²) in [5.41, 5.74) is 38.3. The van der Waals surface area contributed by atoms with Crippen molar-refractivity contribution in [3.05, 3.63) is 212 Å². The zero-order valence-electron chi connectivity index (χ0n) is 41.3. The second kappa shape index (κ2) is 14.0. The summed E-state index contributed by atoms with van der Waals surface area (Å²) in [6.07, 6.45) is 1.81. The van der Waals surface area contributed by atoms with Crippen molar-refractivity contribution in [2.45, 2.75) is 68.2 Å². The molecule has 4 heteroatoms. The third-order valence-electron chi connectivity index (χ3n) is 17.2. The van der Waals surface area contributed by atoms with Gasteiger partial charge in [-0.3, -0.25) is 0 Å². The monoisotopic (exact) mass is 894 g/mol. The number of aryl methyl sites for hydroxylation is 8. The van der Waals surface area contributed by atoms with E-state index >= 15 is 0 Å². The van der Waals surface area contributed by atoms with Crippen molar-refractivity contribution in [3.63, 3.8) is 0 Å². The minimum atomic E-state index is 0.00695. The fraction of sp³-hybridized carbons (Fsp3) is 0.152. The van der Waals surface area contributed by atoms with Crippen molar-refractivity contribution in [2.75, 3.05) is 9.80 Å². The van der Waals surface area contributed by atoms with Crippen LogP contribution in [0.1, 0.15) is 66.8 Å². The van der Waals surface area contributed by atoms with Crippen LogP contribution >= 0.6 is 0 Å². The highest BCUT2D eigenvalue weighted by Gasteiger charge is 2.50.